The van der Waals surface area contributed by atoms with Crippen molar-refractivity contribution in [3.05, 3.63) is 30.3 Å². The molecule has 0 bridgehead atoms. The van der Waals surface area contributed by atoms with Gasteiger partial charge in [-0.25, -0.2) is 0 Å². The molecule has 2 rings (SSSR count). The van der Waals surface area contributed by atoms with Crippen molar-refractivity contribution in [2.45, 2.75) is 32.7 Å². The molecule has 116 valence electrons. The van der Waals surface area contributed by atoms with E-state index in [-0.39, 0.29) is 0 Å². The van der Waals surface area contributed by atoms with Crippen LogP contribution in [0.2, 0.25) is 0 Å². The Balaban J connectivity index is 1.67. The van der Waals surface area contributed by atoms with E-state index < -0.39 is 0 Å². The first kappa shape index (κ1) is 16.2. The van der Waals surface area contributed by atoms with E-state index in [0.29, 0.717) is 6.04 Å². The van der Waals surface area contributed by atoms with Gasteiger partial charge in [0.2, 0.25) is 0 Å². The molecule has 0 spiro atoms. The van der Waals surface area contributed by atoms with Gasteiger partial charge in [0, 0.05) is 37.6 Å². The third-order valence-corrected chi connectivity index (χ3v) is 4.70. The molecular formula is C17H27N3S. The van der Waals surface area contributed by atoms with Gasteiger partial charge in [0.25, 0.3) is 0 Å². The normalized spacial score (nSPS) is 20.0. The van der Waals surface area contributed by atoms with Gasteiger partial charge >= 0.3 is 0 Å². The SMILES string of the molecule is CC(C)CC1CSC(=NCCCN(C)c2ccccc2)N1. The Morgan fingerprint density at radius 2 is 2.10 bits per heavy atom. The third kappa shape index (κ3) is 5.62. The predicted molar refractivity (Wildman–Crippen MR) is 95.5 cm³/mol. The lowest BCUT2D eigenvalue weighted by Gasteiger charge is -2.18. The topological polar surface area (TPSA) is 27.6 Å². The minimum absolute atomic E-state index is 0.612. The average Bonchev–Trinajstić information content (AvgIpc) is 2.91. The van der Waals surface area contributed by atoms with Gasteiger partial charge in [0.1, 0.15) is 0 Å². The van der Waals surface area contributed by atoms with Crippen LogP contribution in [0.3, 0.4) is 0 Å². The van der Waals surface area contributed by atoms with Crippen LogP contribution in [0.5, 0.6) is 0 Å². The van der Waals surface area contributed by atoms with E-state index in [1.165, 1.54) is 17.9 Å². The fraction of sp³-hybridized carbons (Fsp3) is 0.588. The second-order valence-corrected chi connectivity index (χ2v) is 7.09. The van der Waals surface area contributed by atoms with Crippen LogP contribution >= 0.6 is 11.8 Å². The van der Waals surface area contributed by atoms with Crippen LogP contribution in [0, 0.1) is 5.92 Å². The van der Waals surface area contributed by atoms with Gasteiger partial charge in [-0.15, -0.1) is 0 Å². The Labute approximate surface area is 133 Å². The number of hydrogen-bond acceptors (Lipinski definition) is 3. The van der Waals surface area contributed by atoms with E-state index in [1.54, 1.807) is 0 Å². The molecule has 1 aromatic rings. The van der Waals surface area contributed by atoms with Crippen molar-refractivity contribution in [2.75, 3.05) is 30.8 Å². The summed E-state index contributed by atoms with van der Waals surface area (Å²) in [6.07, 6.45) is 2.33. The molecule has 1 fully saturated rings. The predicted octanol–water partition coefficient (Wildman–Crippen LogP) is 3.62. The molecule has 0 radical (unpaired) electrons. The number of para-hydroxylation sites is 1. The van der Waals surface area contributed by atoms with E-state index in [4.69, 9.17) is 0 Å². The monoisotopic (exact) mass is 305 g/mol. The first-order valence-corrected chi connectivity index (χ1v) is 8.83. The second-order valence-electron chi connectivity index (χ2n) is 6.08. The van der Waals surface area contributed by atoms with E-state index >= 15 is 0 Å². The van der Waals surface area contributed by atoms with Gasteiger partial charge in [-0.2, -0.15) is 0 Å². The fourth-order valence-electron chi connectivity index (χ4n) is 2.52. The number of thioether (sulfide) groups is 1. The highest BCUT2D eigenvalue weighted by molar-refractivity contribution is 8.14. The van der Waals surface area contributed by atoms with Crippen molar-refractivity contribution in [3.63, 3.8) is 0 Å². The fourth-order valence-corrected chi connectivity index (χ4v) is 3.54. The van der Waals surface area contributed by atoms with Gasteiger partial charge in [-0.3, -0.25) is 4.99 Å². The quantitative estimate of drug-likeness (QED) is 0.780. The van der Waals surface area contributed by atoms with Crippen LogP contribution in [0.15, 0.2) is 35.3 Å². The largest absolute Gasteiger partial charge is 0.375 e. The molecule has 0 aromatic heterocycles. The van der Waals surface area contributed by atoms with Crippen molar-refractivity contribution >= 4 is 22.6 Å². The van der Waals surface area contributed by atoms with E-state index in [0.717, 1.165) is 30.6 Å². The van der Waals surface area contributed by atoms with Gasteiger partial charge < -0.3 is 10.2 Å². The molecule has 1 atom stereocenters. The number of aliphatic imine (C=N–C) groups is 1. The highest BCUT2D eigenvalue weighted by Gasteiger charge is 2.20. The molecule has 1 aliphatic heterocycles. The van der Waals surface area contributed by atoms with Crippen molar-refractivity contribution in [3.8, 4) is 0 Å². The smallest absolute Gasteiger partial charge is 0.156 e. The molecule has 1 aromatic carbocycles. The summed E-state index contributed by atoms with van der Waals surface area (Å²) >= 11 is 1.87. The van der Waals surface area contributed by atoms with Gasteiger partial charge in [-0.1, -0.05) is 43.8 Å². The minimum atomic E-state index is 0.612. The Morgan fingerprint density at radius 1 is 1.33 bits per heavy atom. The van der Waals surface area contributed by atoms with Crippen LogP contribution in [-0.2, 0) is 0 Å². The van der Waals surface area contributed by atoms with Crippen molar-refractivity contribution in [1.29, 1.82) is 0 Å². The molecule has 3 nitrogen and oxygen atoms in total. The maximum absolute atomic E-state index is 4.69. The molecule has 21 heavy (non-hydrogen) atoms. The summed E-state index contributed by atoms with van der Waals surface area (Å²) in [6.45, 7) is 6.50. The number of rotatable bonds is 7. The summed E-state index contributed by atoms with van der Waals surface area (Å²) in [6, 6.07) is 11.1. The molecule has 0 saturated carbocycles. The standard InChI is InChI=1S/C17H27N3S/c1-14(2)12-15-13-21-17(19-15)18-10-7-11-20(3)16-8-5-4-6-9-16/h4-6,8-9,14-15H,7,10-13H2,1-3H3,(H,18,19). The lowest BCUT2D eigenvalue weighted by Crippen LogP contribution is -2.28. The molecule has 1 aliphatic rings. The summed E-state index contributed by atoms with van der Waals surface area (Å²) in [4.78, 5) is 6.98. The van der Waals surface area contributed by atoms with Gasteiger partial charge in [0.05, 0.1) is 0 Å². The molecule has 1 unspecified atom stereocenters. The number of nitrogens with zero attached hydrogens (tertiary/aromatic N) is 2. The number of amidine groups is 1. The number of benzene rings is 1. The zero-order valence-corrected chi connectivity index (χ0v) is 14.2. The minimum Gasteiger partial charge on any atom is -0.375 e. The number of nitrogens with one attached hydrogen (secondary N) is 1. The molecule has 0 aliphatic carbocycles. The van der Waals surface area contributed by atoms with Crippen molar-refractivity contribution in [2.24, 2.45) is 10.9 Å². The molecule has 0 amide bonds. The first-order chi connectivity index (χ1) is 10.1. The first-order valence-electron chi connectivity index (χ1n) is 7.85. The van der Waals surface area contributed by atoms with Crippen LogP contribution in [0.1, 0.15) is 26.7 Å². The summed E-state index contributed by atoms with van der Waals surface area (Å²) in [7, 11) is 2.14. The summed E-state index contributed by atoms with van der Waals surface area (Å²) in [5, 5.41) is 4.68. The third-order valence-electron chi connectivity index (χ3n) is 3.61. The van der Waals surface area contributed by atoms with E-state index in [1.807, 2.05) is 11.8 Å². The van der Waals surface area contributed by atoms with E-state index in [2.05, 4.69) is 66.4 Å². The Hall–Kier alpha value is -1.16. The second kappa shape index (κ2) is 8.32. The van der Waals surface area contributed by atoms with Crippen LogP contribution in [0.4, 0.5) is 5.69 Å². The molecule has 1 saturated heterocycles. The highest BCUT2D eigenvalue weighted by atomic mass is 32.2. The summed E-state index contributed by atoms with van der Waals surface area (Å²) in [5.74, 6) is 1.92. The maximum atomic E-state index is 4.69. The lowest BCUT2D eigenvalue weighted by molar-refractivity contribution is 0.502. The molecular weight excluding hydrogens is 278 g/mol. The number of hydrogen-bond donors (Lipinski definition) is 1. The van der Waals surface area contributed by atoms with Crippen LogP contribution in [0.25, 0.3) is 0 Å². The highest BCUT2D eigenvalue weighted by Crippen LogP contribution is 2.19. The Morgan fingerprint density at radius 3 is 2.81 bits per heavy atom. The Kier molecular flexibility index (Phi) is 6.43. The van der Waals surface area contributed by atoms with E-state index in [9.17, 15) is 0 Å². The molecule has 1 N–H and O–H groups in total. The summed E-state index contributed by atoms with van der Waals surface area (Å²) in [5.41, 5.74) is 1.27. The zero-order valence-electron chi connectivity index (χ0n) is 13.4. The zero-order chi connectivity index (χ0) is 15.1. The number of anilines is 1. The van der Waals surface area contributed by atoms with Crippen molar-refractivity contribution in [1.82, 2.24) is 5.32 Å². The van der Waals surface area contributed by atoms with Crippen LogP contribution in [-0.4, -0.2) is 37.1 Å². The van der Waals surface area contributed by atoms with Crippen molar-refractivity contribution < 1.29 is 0 Å². The molecule has 1 heterocycles. The lowest BCUT2D eigenvalue weighted by atomic mass is 10.1. The maximum Gasteiger partial charge on any atom is 0.156 e. The van der Waals surface area contributed by atoms with Crippen LogP contribution < -0.4 is 10.2 Å². The molecule has 4 heteroatoms. The summed E-state index contributed by atoms with van der Waals surface area (Å²) < 4.78 is 0. The van der Waals surface area contributed by atoms with Gasteiger partial charge in [0.15, 0.2) is 5.17 Å². The average molecular weight is 305 g/mol. The Bertz CT molecular complexity index is 445. The van der Waals surface area contributed by atoms with Gasteiger partial charge in [-0.05, 0) is 30.9 Å².